The third-order valence-corrected chi connectivity index (χ3v) is 8.62. The van der Waals surface area contributed by atoms with Crippen molar-refractivity contribution in [3.8, 4) is 11.5 Å². The Kier molecular flexibility index (Phi) is 6.16. The standard InChI is InChI=1S/C29H28N4O4S/c30-21-11-10-20-22-23(26(38-25(21)22)28(35)33-17-12-14-36-15-13-17)24(31)27(34)29(20,32)16-6-8-19(9-7-16)37-18-4-2-1-3-5-18/h1-11,17,24H,12-15,30-32H2,(H,33,35). The normalized spacial score (nSPS) is 21.4. The van der Waals surface area contributed by atoms with Crippen molar-refractivity contribution in [1.29, 1.82) is 0 Å². The van der Waals surface area contributed by atoms with E-state index < -0.39 is 11.6 Å². The summed E-state index contributed by atoms with van der Waals surface area (Å²) in [6, 6.07) is 19.0. The van der Waals surface area contributed by atoms with E-state index in [4.69, 9.17) is 26.7 Å². The third kappa shape index (κ3) is 3.95. The van der Waals surface area contributed by atoms with Crippen molar-refractivity contribution in [3.63, 3.8) is 0 Å². The molecule has 38 heavy (non-hydrogen) atoms. The topological polar surface area (TPSA) is 143 Å². The summed E-state index contributed by atoms with van der Waals surface area (Å²) in [6.07, 6.45) is 1.47. The van der Waals surface area contributed by atoms with E-state index in [1.165, 1.54) is 11.3 Å². The number of amides is 1. The van der Waals surface area contributed by atoms with Crippen molar-refractivity contribution in [2.24, 2.45) is 11.5 Å². The maximum absolute atomic E-state index is 13.9. The van der Waals surface area contributed by atoms with E-state index in [-0.39, 0.29) is 17.7 Å². The summed E-state index contributed by atoms with van der Waals surface area (Å²) in [6.45, 7) is 1.20. The Morgan fingerprint density at radius 3 is 2.39 bits per heavy atom. The largest absolute Gasteiger partial charge is 0.457 e. The van der Waals surface area contributed by atoms with Crippen molar-refractivity contribution in [3.05, 3.63) is 88.3 Å². The van der Waals surface area contributed by atoms with Gasteiger partial charge in [-0.05, 0) is 54.3 Å². The molecule has 194 valence electrons. The minimum absolute atomic E-state index is 0.00575. The number of thiophene rings is 1. The summed E-state index contributed by atoms with van der Waals surface area (Å²) in [5.74, 6) is 0.676. The van der Waals surface area contributed by atoms with E-state index in [2.05, 4.69) is 5.32 Å². The predicted octanol–water partition coefficient (Wildman–Crippen LogP) is 3.97. The molecule has 8 nitrogen and oxygen atoms in total. The van der Waals surface area contributed by atoms with Crippen LogP contribution in [0.15, 0.2) is 66.7 Å². The number of ketones is 1. The lowest BCUT2D eigenvalue weighted by atomic mass is 9.70. The number of ether oxygens (including phenoxy) is 2. The minimum atomic E-state index is -1.51. The summed E-state index contributed by atoms with van der Waals surface area (Å²) in [4.78, 5) is 27.7. The Balaban J connectivity index is 1.41. The molecule has 6 rings (SSSR count). The molecule has 1 aromatic heterocycles. The van der Waals surface area contributed by atoms with Gasteiger partial charge in [-0.25, -0.2) is 0 Å². The van der Waals surface area contributed by atoms with Gasteiger partial charge in [0, 0.05) is 35.9 Å². The van der Waals surface area contributed by atoms with Gasteiger partial charge in [0.1, 0.15) is 17.0 Å². The van der Waals surface area contributed by atoms with Gasteiger partial charge in [-0.3, -0.25) is 9.59 Å². The Morgan fingerprint density at radius 1 is 1.00 bits per heavy atom. The number of hydrogen-bond donors (Lipinski definition) is 4. The second-order valence-electron chi connectivity index (χ2n) is 9.70. The second-order valence-corrected chi connectivity index (χ2v) is 10.7. The highest BCUT2D eigenvalue weighted by Crippen LogP contribution is 2.49. The highest BCUT2D eigenvalue weighted by Gasteiger charge is 2.48. The molecular weight excluding hydrogens is 500 g/mol. The van der Waals surface area contributed by atoms with Crippen molar-refractivity contribution < 1.29 is 19.1 Å². The lowest BCUT2D eigenvalue weighted by Gasteiger charge is -2.36. The van der Waals surface area contributed by atoms with Crippen LogP contribution in [0, 0.1) is 0 Å². The minimum Gasteiger partial charge on any atom is -0.457 e. The molecule has 9 heteroatoms. The van der Waals surface area contributed by atoms with E-state index in [0.717, 1.165) is 12.8 Å². The number of hydrogen-bond acceptors (Lipinski definition) is 8. The first-order valence-corrected chi connectivity index (χ1v) is 13.4. The van der Waals surface area contributed by atoms with E-state index >= 15 is 0 Å². The fourth-order valence-electron chi connectivity index (χ4n) is 5.35. The average Bonchev–Trinajstić information content (AvgIpc) is 3.35. The molecule has 4 aromatic rings. The first kappa shape index (κ1) is 24.6. The Labute approximate surface area is 223 Å². The number of Topliss-reactive ketones (excluding diaryl/α,β-unsaturated/α-hetero) is 1. The molecule has 2 heterocycles. The highest BCUT2D eigenvalue weighted by molar-refractivity contribution is 7.21. The zero-order valence-electron chi connectivity index (χ0n) is 20.6. The number of anilines is 1. The van der Waals surface area contributed by atoms with Crippen molar-refractivity contribution in [2.75, 3.05) is 18.9 Å². The SMILES string of the molecule is Nc1ccc2c3c(c(C(=O)NC4CCOCC4)sc13)C(N)C(=O)C2(N)c1ccc(Oc2ccccc2)cc1. The number of benzene rings is 3. The molecule has 1 aliphatic heterocycles. The van der Waals surface area contributed by atoms with Gasteiger partial charge in [-0.1, -0.05) is 36.4 Å². The number of para-hydroxylation sites is 1. The first-order valence-electron chi connectivity index (χ1n) is 12.5. The summed E-state index contributed by atoms with van der Waals surface area (Å²) >= 11 is 1.26. The number of nitrogen functional groups attached to an aromatic ring is 1. The maximum atomic E-state index is 13.9. The van der Waals surface area contributed by atoms with Crippen LogP contribution >= 0.6 is 11.3 Å². The maximum Gasteiger partial charge on any atom is 0.261 e. The monoisotopic (exact) mass is 528 g/mol. The molecular formula is C29H28N4O4S. The van der Waals surface area contributed by atoms with Gasteiger partial charge >= 0.3 is 0 Å². The van der Waals surface area contributed by atoms with E-state index in [9.17, 15) is 9.59 Å². The van der Waals surface area contributed by atoms with Crippen LogP contribution in [-0.4, -0.2) is 30.9 Å². The Bertz CT molecular complexity index is 1530. The molecule has 0 spiro atoms. The molecule has 0 bridgehead atoms. The van der Waals surface area contributed by atoms with Crippen LogP contribution in [0.5, 0.6) is 11.5 Å². The molecule has 2 aliphatic rings. The molecule has 1 saturated heterocycles. The van der Waals surface area contributed by atoms with Crippen molar-refractivity contribution in [1.82, 2.24) is 5.32 Å². The molecule has 1 aliphatic carbocycles. The number of carbonyl (C=O) groups excluding carboxylic acids is 2. The van der Waals surface area contributed by atoms with Crippen LogP contribution in [0.1, 0.15) is 45.2 Å². The van der Waals surface area contributed by atoms with Crippen LogP contribution in [0.3, 0.4) is 0 Å². The first-order chi connectivity index (χ1) is 18.4. The molecule has 0 radical (unpaired) electrons. The lowest BCUT2D eigenvalue weighted by molar-refractivity contribution is -0.124. The molecule has 1 amide bonds. The Hall–Kier alpha value is -3.76. The summed E-state index contributed by atoms with van der Waals surface area (Å²) in [5.41, 5.74) is 20.5. The smallest absolute Gasteiger partial charge is 0.261 e. The van der Waals surface area contributed by atoms with Crippen molar-refractivity contribution in [2.45, 2.75) is 30.5 Å². The molecule has 3 aromatic carbocycles. The van der Waals surface area contributed by atoms with Gasteiger partial charge in [0.2, 0.25) is 0 Å². The highest BCUT2D eigenvalue weighted by atomic mass is 32.1. The van der Waals surface area contributed by atoms with Crippen LogP contribution in [0.2, 0.25) is 0 Å². The lowest BCUT2D eigenvalue weighted by Crippen LogP contribution is -2.52. The zero-order valence-corrected chi connectivity index (χ0v) is 21.4. The summed E-state index contributed by atoms with van der Waals surface area (Å²) < 4.78 is 12.0. The van der Waals surface area contributed by atoms with Gasteiger partial charge in [0.15, 0.2) is 5.78 Å². The fraction of sp³-hybridized carbons (Fsp3) is 0.241. The van der Waals surface area contributed by atoms with E-state index in [1.54, 1.807) is 36.4 Å². The molecule has 2 unspecified atom stereocenters. The summed E-state index contributed by atoms with van der Waals surface area (Å²) in [7, 11) is 0. The van der Waals surface area contributed by atoms with Gasteiger partial charge in [-0.2, -0.15) is 0 Å². The van der Waals surface area contributed by atoms with Crippen molar-refractivity contribution >= 4 is 38.8 Å². The Morgan fingerprint density at radius 2 is 1.68 bits per heavy atom. The number of carbonyl (C=O) groups is 2. The van der Waals surface area contributed by atoms with E-state index in [1.807, 2.05) is 30.3 Å². The molecule has 2 atom stereocenters. The van der Waals surface area contributed by atoms with Gasteiger partial charge < -0.3 is 32.0 Å². The van der Waals surface area contributed by atoms with Gasteiger partial charge in [0.25, 0.3) is 5.91 Å². The second kappa shape index (κ2) is 9.52. The van der Waals surface area contributed by atoms with Gasteiger partial charge in [-0.15, -0.1) is 11.3 Å². The fourth-order valence-corrected chi connectivity index (χ4v) is 6.55. The average molecular weight is 529 g/mol. The predicted molar refractivity (Wildman–Crippen MR) is 147 cm³/mol. The number of nitrogens with two attached hydrogens (primary N) is 3. The molecule has 0 saturated carbocycles. The summed E-state index contributed by atoms with van der Waals surface area (Å²) in [5, 5.41) is 3.77. The van der Waals surface area contributed by atoms with Crippen LogP contribution in [0.25, 0.3) is 10.1 Å². The quantitative estimate of drug-likeness (QED) is 0.287. The third-order valence-electron chi connectivity index (χ3n) is 7.36. The van der Waals surface area contributed by atoms with E-state index in [0.29, 0.717) is 62.1 Å². The van der Waals surface area contributed by atoms with Crippen LogP contribution in [-0.2, 0) is 15.1 Å². The van der Waals surface area contributed by atoms with Gasteiger partial charge in [0.05, 0.1) is 15.6 Å². The zero-order chi connectivity index (χ0) is 26.4. The molecule has 7 N–H and O–H groups in total. The van der Waals surface area contributed by atoms with Crippen LogP contribution < -0.4 is 27.3 Å². The molecule has 1 fully saturated rings. The number of nitrogens with one attached hydrogen (secondary N) is 1. The number of rotatable bonds is 5. The van der Waals surface area contributed by atoms with Crippen LogP contribution in [0.4, 0.5) is 5.69 Å².